The number of carbonyl (C=O) groups excluding carboxylic acids is 3. The van der Waals surface area contributed by atoms with E-state index in [-0.39, 0.29) is 48.6 Å². The molecule has 5 N–H and O–H groups in total. The lowest BCUT2D eigenvalue weighted by Crippen LogP contribution is -2.60. The molecule has 3 fully saturated rings. The van der Waals surface area contributed by atoms with E-state index in [2.05, 4.69) is 40.7 Å². The molecule has 4 atom stereocenters. The van der Waals surface area contributed by atoms with Crippen LogP contribution in [-0.2, 0) is 9.59 Å². The number of carbonyl (C=O) groups is 3. The molecule has 65 heavy (non-hydrogen) atoms. The Kier molecular flexibility index (Phi) is 13.7. The summed E-state index contributed by atoms with van der Waals surface area (Å²) < 4.78 is 2.09. The number of urea groups is 1. The second-order valence-corrected chi connectivity index (χ2v) is 19.9. The highest BCUT2D eigenvalue weighted by Gasteiger charge is 2.45. The highest BCUT2D eigenvalue weighted by atomic mass is 32.1. The molecule has 17 heteroatoms. The summed E-state index contributed by atoms with van der Waals surface area (Å²) in [5.41, 5.74) is 6.97. The molecule has 0 saturated carbocycles. The van der Waals surface area contributed by atoms with Gasteiger partial charge in [-0.05, 0) is 87.1 Å². The Hall–Kier alpha value is -5.65. The van der Waals surface area contributed by atoms with E-state index in [0.717, 1.165) is 78.0 Å². The van der Waals surface area contributed by atoms with Crippen molar-refractivity contribution in [1.82, 2.24) is 50.3 Å². The van der Waals surface area contributed by atoms with Crippen molar-refractivity contribution in [3.63, 3.8) is 0 Å². The number of fused-ring (bicyclic) bond motifs is 1. The fourth-order valence-electron chi connectivity index (χ4n) is 9.58. The van der Waals surface area contributed by atoms with Gasteiger partial charge in [0.15, 0.2) is 11.3 Å². The predicted octanol–water partition coefficient (Wildman–Crippen LogP) is 6.38. The predicted molar refractivity (Wildman–Crippen MR) is 252 cm³/mol. The molecular weight excluding hydrogens is 843 g/mol. The molecule has 5 aromatic rings. The molecule has 346 valence electrons. The van der Waals surface area contributed by atoms with E-state index in [1.54, 1.807) is 28.4 Å². The Balaban J connectivity index is 0.837. The zero-order chi connectivity index (χ0) is 46.0. The zero-order valence-corrected chi connectivity index (χ0v) is 39.1. The van der Waals surface area contributed by atoms with Gasteiger partial charge in [0.05, 0.1) is 45.5 Å². The number of aromatic hydroxyl groups is 1. The number of nitrogens with one attached hydrogen (secondary N) is 3. The monoisotopic (exact) mass is 905 g/mol. The molecule has 0 radical (unpaired) electrons. The smallest absolute Gasteiger partial charge is 0.318 e. The number of phenols is 1. The number of phenolic OH excluding ortho intramolecular Hbond substituents is 1. The summed E-state index contributed by atoms with van der Waals surface area (Å²) in [6, 6.07) is 14.9. The number of aromatic nitrogens is 5. The summed E-state index contributed by atoms with van der Waals surface area (Å²) in [5, 5.41) is 44.7. The van der Waals surface area contributed by atoms with Crippen molar-refractivity contribution in [3.8, 4) is 27.4 Å². The number of para-hydroxylation sites is 1. The number of aliphatic hydroxyl groups is 1. The maximum absolute atomic E-state index is 14.3. The van der Waals surface area contributed by atoms with Crippen molar-refractivity contribution in [1.29, 1.82) is 0 Å². The number of anilines is 1. The molecular formula is C48H63N11O5S. The summed E-state index contributed by atoms with van der Waals surface area (Å²) >= 11 is 1.59. The second kappa shape index (κ2) is 19.4. The quantitative estimate of drug-likeness (QED) is 0.0934. The van der Waals surface area contributed by atoms with E-state index >= 15 is 0 Å². The maximum atomic E-state index is 14.3. The molecule has 6 heterocycles. The third-order valence-electron chi connectivity index (χ3n) is 13.3. The van der Waals surface area contributed by atoms with Crippen molar-refractivity contribution in [2.45, 2.75) is 104 Å². The molecule has 3 aliphatic rings. The van der Waals surface area contributed by atoms with Crippen molar-refractivity contribution in [2.75, 3.05) is 51.1 Å². The number of hydrogen-bond acceptors (Lipinski definition) is 12. The van der Waals surface area contributed by atoms with Gasteiger partial charge in [-0.3, -0.25) is 14.3 Å². The minimum absolute atomic E-state index is 0.0181. The normalized spacial score (nSPS) is 19.9. The van der Waals surface area contributed by atoms with Crippen LogP contribution in [0, 0.1) is 18.3 Å². The van der Waals surface area contributed by atoms with E-state index < -0.39 is 23.6 Å². The summed E-state index contributed by atoms with van der Waals surface area (Å²) in [6.07, 6.45) is 2.84. The lowest BCUT2D eigenvalue weighted by atomic mass is 9.85. The largest absolute Gasteiger partial charge is 0.507 e. The highest BCUT2D eigenvalue weighted by molar-refractivity contribution is 7.13. The van der Waals surface area contributed by atoms with Gasteiger partial charge in [0.2, 0.25) is 11.8 Å². The number of amides is 4. The number of piperidine rings is 2. The van der Waals surface area contributed by atoms with Crippen molar-refractivity contribution in [2.24, 2.45) is 11.3 Å². The van der Waals surface area contributed by atoms with Crippen LogP contribution < -0.4 is 16.0 Å². The molecule has 3 aromatic heterocycles. The molecule has 4 amide bonds. The lowest BCUT2D eigenvalue weighted by Gasteiger charge is -2.39. The average Bonchev–Trinajstić information content (AvgIpc) is 4.02. The molecule has 16 nitrogen and oxygen atoms in total. The minimum Gasteiger partial charge on any atom is -0.507 e. The highest BCUT2D eigenvalue weighted by Crippen LogP contribution is 2.35. The first-order chi connectivity index (χ1) is 31.2. The van der Waals surface area contributed by atoms with Crippen LogP contribution in [0.5, 0.6) is 5.75 Å². The molecule has 0 aliphatic carbocycles. The molecule has 0 bridgehead atoms. The number of benzene rings is 2. The standard InChI is InChI=1S/C48H63N11O5S/c1-7-49-44-41-38(25-37(53-54-41)36-10-8-9-11-40(36)61)59(55-44)34-18-20-56(21-19-34)26-31-16-22-57(23-17-31)47(64)52-43(48(4,5)6)46(63)58-27-35(60)24-39(58)45(62)51-29(2)32-12-14-33(15-13-32)42-30(3)50-28-65-42/h8-15,25,28-29,31,34-35,39,43,60-61H,7,16-24,26-27H2,1-6H3,(H,49,55)(H,51,62)(H,52,64)/t29-,35+,39-,43+/m0/s1. The van der Waals surface area contributed by atoms with Crippen LogP contribution in [-0.4, -0.2) is 132 Å². The molecule has 0 spiro atoms. The number of aryl methyl sites for hydroxylation is 1. The zero-order valence-electron chi connectivity index (χ0n) is 38.3. The summed E-state index contributed by atoms with van der Waals surface area (Å²) in [7, 11) is 0. The van der Waals surface area contributed by atoms with Crippen LogP contribution in [0.25, 0.3) is 32.7 Å². The SMILES string of the molecule is CCNc1nn(C2CCN(CC3CCN(C(=O)N[C@H](C(=O)N4C[C@H](O)C[C@H]4C(=O)N[C@@H](C)c4ccc(-c5scnc5C)cc4)C(C)(C)C)CC3)CC2)c2cc(-c3ccccc3O)nnc12. The molecule has 3 aliphatic heterocycles. The van der Waals surface area contributed by atoms with Gasteiger partial charge >= 0.3 is 6.03 Å². The number of aliphatic hydroxyl groups excluding tert-OH is 1. The Bertz CT molecular complexity index is 2470. The first-order valence-electron chi connectivity index (χ1n) is 23.0. The molecule has 2 aromatic carbocycles. The summed E-state index contributed by atoms with van der Waals surface area (Å²) in [5.74, 6) is 0.597. The third-order valence-corrected chi connectivity index (χ3v) is 14.3. The fourth-order valence-corrected chi connectivity index (χ4v) is 10.4. The van der Waals surface area contributed by atoms with Crippen LogP contribution in [0.3, 0.4) is 0 Å². The number of nitrogens with zero attached hydrogens (tertiary/aromatic N) is 8. The van der Waals surface area contributed by atoms with Crippen LogP contribution in [0.2, 0.25) is 0 Å². The Morgan fingerprint density at radius 3 is 2.34 bits per heavy atom. The van der Waals surface area contributed by atoms with Gasteiger partial charge in [0.1, 0.15) is 17.8 Å². The number of rotatable bonds is 12. The van der Waals surface area contributed by atoms with Crippen molar-refractivity contribution >= 4 is 46.0 Å². The molecule has 0 unspecified atom stereocenters. The summed E-state index contributed by atoms with van der Waals surface area (Å²) in [6.45, 7) is 16.3. The average molecular weight is 906 g/mol. The van der Waals surface area contributed by atoms with Gasteiger partial charge in [-0.25, -0.2) is 9.78 Å². The van der Waals surface area contributed by atoms with E-state index in [9.17, 15) is 24.6 Å². The van der Waals surface area contributed by atoms with E-state index in [4.69, 9.17) is 5.10 Å². The number of likely N-dealkylation sites (tertiary alicyclic amines) is 3. The number of β-amino-alcohol motifs (C(OH)–C–C–N with tert-alkyl or cyclic N) is 1. The topological polar surface area (TPSA) is 194 Å². The van der Waals surface area contributed by atoms with Gasteiger partial charge in [-0.1, -0.05) is 57.2 Å². The molecule has 3 saturated heterocycles. The Morgan fingerprint density at radius 2 is 1.68 bits per heavy atom. The first kappa shape index (κ1) is 45.9. The van der Waals surface area contributed by atoms with Gasteiger partial charge in [-0.2, -0.15) is 5.10 Å². The molecule has 8 rings (SSSR count). The van der Waals surface area contributed by atoms with Gasteiger partial charge in [0, 0.05) is 57.8 Å². The van der Waals surface area contributed by atoms with E-state index in [0.29, 0.717) is 42.6 Å². The minimum atomic E-state index is -0.903. The van der Waals surface area contributed by atoms with Gasteiger partial charge in [0.25, 0.3) is 0 Å². The van der Waals surface area contributed by atoms with Gasteiger partial charge in [-0.15, -0.1) is 21.5 Å². The Morgan fingerprint density at radius 1 is 0.954 bits per heavy atom. The fraction of sp³-hybridized carbons (Fsp3) is 0.521. The lowest BCUT2D eigenvalue weighted by molar-refractivity contribution is -0.142. The maximum Gasteiger partial charge on any atom is 0.318 e. The number of thiazole rings is 1. The number of hydrogen-bond donors (Lipinski definition) is 5. The van der Waals surface area contributed by atoms with Crippen LogP contribution in [0.15, 0.2) is 60.1 Å². The van der Waals surface area contributed by atoms with Gasteiger partial charge < -0.3 is 40.9 Å². The van der Waals surface area contributed by atoms with Crippen LogP contribution in [0.1, 0.15) is 90.1 Å². The first-order valence-corrected chi connectivity index (χ1v) is 23.9. The van der Waals surface area contributed by atoms with E-state index in [1.807, 2.05) is 89.5 Å². The van der Waals surface area contributed by atoms with Crippen LogP contribution in [0.4, 0.5) is 10.6 Å². The summed E-state index contributed by atoms with van der Waals surface area (Å²) in [4.78, 5) is 53.2. The van der Waals surface area contributed by atoms with E-state index in [1.165, 1.54) is 4.90 Å². The Labute approximate surface area is 384 Å². The van der Waals surface area contributed by atoms with Crippen molar-refractivity contribution in [3.05, 3.63) is 71.4 Å². The van der Waals surface area contributed by atoms with Crippen molar-refractivity contribution < 1.29 is 24.6 Å². The third kappa shape index (κ3) is 10.1. The van der Waals surface area contributed by atoms with Crippen LogP contribution >= 0.6 is 11.3 Å². The second-order valence-electron chi connectivity index (χ2n) is 19.0.